The molecule has 0 aromatic heterocycles. The molecule has 170 valence electrons. The molecule has 3 aromatic rings. The van der Waals surface area contributed by atoms with Crippen LogP contribution in [0.4, 0.5) is 5.69 Å². The molecule has 9 heteroatoms. The molecule has 0 radical (unpaired) electrons. The molecular weight excluding hydrogens is 446 g/mol. The minimum atomic E-state index is -0.399. The lowest BCUT2D eigenvalue weighted by Gasteiger charge is -2.08. The monoisotopic (exact) mass is 467 g/mol. The highest BCUT2D eigenvalue weighted by Gasteiger charge is 2.05. The van der Waals surface area contributed by atoms with Crippen LogP contribution in [0.3, 0.4) is 0 Å². The van der Waals surface area contributed by atoms with Gasteiger partial charge in [0.1, 0.15) is 17.2 Å². The minimum absolute atomic E-state index is 0.136. The predicted molar refractivity (Wildman–Crippen MR) is 126 cm³/mol. The Hall–Kier alpha value is -4.04. The first-order chi connectivity index (χ1) is 16.0. The highest BCUT2D eigenvalue weighted by atomic mass is 35.5. The third kappa shape index (κ3) is 8.19. The van der Waals surface area contributed by atoms with Crippen LogP contribution in [0.25, 0.3) is 0 Å². The van der Waals surface area contributed by atoms with E-state index in [0.717, 1.165) is 5.56 Å². The van der Waals surface area contributed by atoms with Crippen LogP contribution in [-0.2, 0) is 9.59 Å². The number of hydrazone groups is 1. The molecule has 0 saturated heterocycles. The topological polar surface area (TPSA) is 98.3 Å². The molecule has 0 unspecified atom stereocenters. The Balaban J connectivity index is 1.38. The van der Waals surface area contributed by atoms with Gasteiger partial charge in [0.2, 0.25) is 0 Å². The summed E-state index contributed by atoms with van der Waals surface area (Å²) in [7, 11) is 1.58. The van der Waals surface area contributed by atoms with E-state index in [4.69, 9.17) is 25.8 Å². The summed E-state index contributed by atoms with van der Waals surface area (Å²) in [6.07, 6.45) is 1.49. The van der Waals surface area contributed by atoms with Crippen molar-refractivity contribution in [2.75, 3.05) is 25.6 Å². The maximum atomic E-state index is 12.0. The number of amides is 2. The second-order valence-electron chi connectivity index (χ2n) is 6.67. The summed E-state index contributed by atoms with van der Waals surface area (Å²) in [5, 5.41) is 7.22. The van der Waals surface area contributed by atoms with Crippen molar-refractivity contribution in [3.8, 4) is 17.2 Å². The van der Waals surface area contributed by atoms with Crippen LogP contribution in [0.15, 0.2) is 77.9 Å². The van der Waals surface area contributed by atoms with Gasteiger partial charge in [0, 0.05) is 10.7 Å². The van der Waals surface area contributed by atoms with Crippen LogP contribution in [0.2, 0.25) is 5.02 Å². The van der Waals surface area contributed by atoms with Crippen LogP contribution in [0, 0.1) is 0 Å². The summed E-state index contributed by atoms with van der Waals surface area (Å²) in [5.41, 5.74) is 3.77. The van der Waals surface area contributed by atoms with E-state index in [1.54, 1.807) is 79.9 Å². The van der Waals surface area contributed by atoms with E-state index >= 15 is 0 Å². The maximum Gasteiger partial charge on any atom is 0.277 e. The number of halogens is 1. The molecular formula is C24H22ClN3O5. The van der Waals surface area contributed by atoms with Crippen LogP contribution < -0.4 is 25.0 Å². The first-order valence-electron chi connectivity index (χ1n) is 9.89. The third-order valence-corrected chi connectivity index (χ3v) is 4.46. The van der Waals surface area contributed by atoms with Crippen molar-refractivity contribution in [2.24, 2.45) is 5.10 Å². The molecule has 0 saturated carbocycles. The standard InChI is InChI=1S/C24H22ClN3O5/c1-31-20-12-6-19(7-13-20)27-23(29)15-32-21-8-2-17(3-9-21)14-26-28-24(30)16-33-22-10-4-18(25)5-11-22/h2-14H,15-16H2,1H3,(H,27,29)(H,28,30)/b26-14-. The number of carbonyl (C=O) groups is 2. The lowest BCUT2D eigenvalue weighted by molar-refractivity contribution is -0.123. The summed E-state index contributed by atoms with van der Waals surface area (Å²) in [6.45, 7) is -0.312. The molecule has 0 aliphatic heterocycles. The fourth-order valence-corrected chi connectivity index (χ4v) is 2.69. The van der Waals surface area contributed by atoms with E-state index in [0.29, 0.717) is 28.0 Å². The molecule has 0 heterocycles. The van der Waals surface area contributed by atoms with Crippen molar-refractivity contribution in [3.05, 3.63) is 83.4 Å². The number of carbonyl (C=O) groups excluding carboxylic acids is 2. The van der Waals surface area contributed by atoms with Gasteiger partial charge >= 0.3 is 0 Å². The zero-order valence-electron chi connectivity index (χ0n) is 17.8. The van der Waals surface area contributed by atoms with Gasteiger partial charge in [0.05, 0.1) is 13.3 Å². The van der Waals surface area contributed by atoms with E-state index < -0.39 is 5.91 Å². The predicted octanol–water partition coefficient (Wildman–Crippen LogP) is 3.90. The zero-order valence-corrected chi connectivity index (χ0v) is 18.5. The minimum Gasteiger partial charge on any atom is -0.497 e. The number of ether oxygens (including phenoxy) is 3. The van der Waals surface area contributed by atoms with Gasteiger partial charge < -0.3 is 19.5 Å². The lowest BCUT2D eigenvalue weighted by atomic mass is 10.2. The van der Waals surface area contributed by atoms with Crippen LogP contribution in [-0.4, -0.2) is 38.4 Å². The van der Waals surface area contributed by atoms with Crippen molar-refractivity contribution in [1.82, 2.24) is 5.43 Å². The average Bonchev–Trinajstić information content (AvgIpc) is 2.84. The molecule has 33 heavy (non-hydrogen) atoms. The summed E-state index contributed by atoms with van der Waals surface area (Å²) in [6, 6.07) is 20.6. The van der Waals surface area contributed by atoms with Crippen LogP contribution in [0.1, 0.15) is 5.56 Å². The van der Waals surface area contributed by atoms with Gasteiger partial charge in [-0.25, -0.2) is 5.43 Å². The van der Waals surface area contributed by atoms with Gasteiger partial charge in [-0.3, -0.25) is 9.59 Å². The quantitative estimate of drug-likeness (QED) is 0.348. The molecule has 0 spiro atoms. The molecule has 0 fully saturated rings. The largest absolute Gasteiger partial charge is 0.497 e. The first-order valence-corrected chi connectivity index (χ1v) is 10.3. The van der Waals surface area contributed by atoms with Crippen LogP contribution in [0.5, 0.6) is 17.2 Å². The summed E-state index contributed by atoms with van der Waals surface area (Å²) >= 11 is 5.80. The van der Waals surface area contributed by atoms with Gasteiger partial charge in [-0.05, 0) is 78.4 Å². The molecule has 8 nitrogen and oxygen atoms in total. The Bertz CT molecular complexity index is 1080. The average molecular weight is 468 g/mol. The number of hydrogen-bond acceptors (Lipinski definition) is 6. The Kier molecular flexibility index (Phi) is 8.67. The van der Waals surface area contributed by atoms with E-state index in [1.807, 2.05) is 0 Å². The molecule has 3 aromatic carbocycles. The number of anilines is 1. The molecule has 0 aliphatic rings. The molecule has 3 rings (SSSR count). The third-order valence-electron chi connectivity index (χ3n) is 4.21. The van der Waals surface area contributed by atoms with E-state index in [1.165, 1.54) is 6.21 Å². The SMILES string of the molecule is COc1ccc(NC(=O)COc2ccc(/C=N\NC(=O)COc3ccc(Cl)cc3)cc2)cc1. The van der Waals surface area contributed by atoms with Crippen molar-refractivity contribution >= 4 is 35.3 Å². The van der Waals surface area contributed by atoms with Crippen molar-refractivity contribution in [1.29, 1.82) is 0 Å². The molecule has 0 atom stereocenters. The Morgan fingerprint density at radius 2 is 1.36 bits per heavy atom. The van der Waals surface area contributed by atoms with E-state index in [-0.39, 0.29) is 19.1 Å². The summed E-state index contributed by atoms with van der Waals surface area (Å²) < 4.78 is 15.9. The van der Waals surface area contributed by atoms with Crippen molar-refractivity contribution in [3.63, 3.8) is 0 Å². The Morgan fingerprint density at radius 1 is 0.818 bits per heavy atom. The van der Waals surface area contributed by atoms with Crippen LogP contribution >= 0.6 is 11.6 Å². The number of rotatable bonds is 10. The number of methoxy groups -OCH3 is 1. The van der Waals surface area contributed by atoms with Gasteiger partial charge in [-0.2, -0.15) is 5.10 Å². The highest BCUT2D eigenvalue weighted by molar-refractivity contribution is 6.30. The molecule has 0 aliphatic carbocycles. The van der Waals surface area contributed by atoms with Gasteiger partial charge in [0.15, 0.2) is 13.2 Å². The Morgan fingerprint density at radius 3 is 1.97 bits per heavy atom. The highest BCUT2D eigenvalue weighted by Crippen LogP contribution is 2.16. The van der Waals surface area contributed by atoms with Gasteiger partial charge in [-0.1, -0.05) is 11.6 Å². The van der Waals surface area contributed by atoms with Gasteiger partial charge in [-0.15, -0.1) is 0 Å². The van der Waals surface area contributed by atoms with Crippen molar-refractivity contribution in [2.45, 2.75) is 0 Å². The number of benzene rings is 3. The molecule has 2 amide bonds. The summed E-state index contributed by atoms with van der Waals surface area (Å²) in [4.78, 5) is 23.8. The number of nitrogens with zero attached hydrogens (tertiary/aromatic N) is 1. The molecule has 0 bridgehead atoms. The normalized spacial score (nSPS) is 10.5. The Labute approximate surface area is 196 Å². The fraction of sp³-hybridized carbons (Fsp3) is 0.125. The van der Waals surface area contributed by atoms with E-state index in [9.17, 15) is 9.59 Å². The maximum absolute atomic E-state index is 12.0. The number of nitrogens with one attached hydrogen (secondary N) is 2. The smallest absolute Gasteiger partial charge is 0.277 e. The first kappa shape index (κ1) is 23.6. The summed E-state index contributed by atoms with van der Waals surface area (Å²) in [5.74, 6) is 1.08. The van der Waals surface area contributed by atoms with E-state index in [2.05, 4.69) is 15.8 Å². The molecule has 2 N–H and O–H groups in total. The lowest BCUT2D eigenvalue weighted by Crippen LogP contribution is -2.24. The fourth-order valence-electron chi connectivity index (χ4n) is 2.56. The zero-order chi connectivity index (χ0) is 23.5. The second-order valence-corrected chi connectivity index (χ2v) is 7.11. The second kappa shape index (κ2) is 12.1. The van der Waals surface area contributed by atoms with Crippen molar-refractivity contribution < 1.29 is 23.8 Å². The number of hydrogen-bond donors (Lipinski definition) is 2. The van der Waals surface area contributed by atoms with Gasteiger partial charge in [0.25, 0.3) is 11.8 Å².